The second-order valence-electron chi connectivity index (χ2n) is 5.09. The van der Waals surface area contributed by atoms with E-state index in [1.165, 1.54) is 16.7 Å². The predicted octanol–water partition coefficient (Wildman–Crippen LogP) is 2.82. The standard InChI is InChI=1S/C16H26N2O/c1-6-18(7-2)16(19)11-17-14(5)15-9-12(3)8-13(4)10-15/h8-10,14,17H,6-7,11H2,1-5H3. The van der Waals surface area contributed by atoms with Crippen LogP contribution in [0.4, 0.5) is 0 Å². The summed E-state index contributed by atoms with van der Waals surface area (Å²) >= 11 is 0. The Bertz CT molecular complexity index is 405. The molecule has 0 bridgehead atoms. The summed E-state index contributed by atoms with van der Waals surface area (Å²) in [6.07, 6.45) is 0. The van der Waals surface area contributed by atoms with Gasteiger partial charge in [0.05, 0.1) is 6.54 Å². The summed E-state index contributed by atoms with van der Waals surface area (Å²) in [6.45, 7) is 12.3. The lowest BCUT2D eigenvalue weighted by molar-refractivity contribution is -0.129. The molecule has 0 aliphatic carbocycles. The summed E-state index contributed by atoms with van der Waals surface area (Å²) in [5.41, 5.74) is 3.77. The Labute approximate surface area is 117 Å². The van der Waals surface area contributed by atoms with E-state index in [0.717, 1.165) is 13.1 Å². The molecule has 3 nitrogen and oxygen atoms in total. The Kier molecular flexibility index (Phi) is 6.03. The van der Waals surface area contributed by atoms with Crippen LogP contribution in [0.5, 0.6) is 0 Å². The number of nitrogens with zero attached hydrogens (tertiary/aromatic N) is 1. The monoisotopic (exact) mass is 262 g/mol. The predicted molar refractivity (Wildman–Crippen MR) is 80.3 cm³/mol. The third kappa shape index (κ3) is 4.67. The molecule has 0 aliphatic rings. The second-order valence-corrected chi connectivity index (χ2v) is 5.09. The molecule has 19 heavy (non-hydrogen) atoms. The Morgan fingerprint density at radius 2 is 1.68 bits per heavy atom. The van der Waals surface area contributed by atoms with Crippen LogP contribution in [-0.4, -0.2) is 30.4 Å². The largest absolute Gasteiger partial charge is 0.342 e. The average molecular weight is 262 g/mol. The number of likely N-dealkylation sites (N-methyl/N-ethyl adjacent to an activating group) is 1. The molecule has 0 saturated heterocycles. The average Bonchev–Trinajstić information content (AvgIpc) is 2.36. The first kappa shape index (κ1) is 15.7. The Balaban J connectivity index is 2.60. The number of amides is 1. The molecule has 1 amide bonds. The van der Waals surface area contributed by atoms with E-state index in [0.29, 0.717) is 6.54 Å². The molecule has 0 aliphatic heterocycles. The van der Waals surface area contributed by atoms with Crippen LogP contribution in [0.2, 0.25) is 0 Å². The normalized spacial score (nSPS) is 12.3. The highest BCUT2D eigenvalue weighted by molar-refractivity contribution is 5.78. The summed E-state index contributed by atoms with van der Waals surface area (Å²) in [6, 6.07) is 6.70. The molecule has 1 aromatic rings. The van der Waals surface area contributed by atoms with Crippen LogP contribution >= 0.6 is 0 Å². The zero-order valence-corrected chi connectivity index (χ0v) is 12.8. The fraction of sp³-hybridized carbons (Fsp3) is 0.562. The number of rotatable bonds is 6. The summed E-state index contributed by atoms with van der Waals surface area (Å²) in [7, 11) is 0. The fourth-order valence-corrected chi connectivity index (χ4v) is 2.31. The van der Waals surface area contributed by atoms with E-state index < -0.39 is 0 Å². The maximum Gasteiger partial charge on any atom is 0.236 e. The van der Waals surface area contributed by atoms with Gasteiger partial charge in [-0.25, -0.2) is 0 Å². The highest BCUT2D eigenvalue weighted by Gasteiger charge is 2.12. The number of aryl methyl sites for hydroxylation is 2. The third-order valence-electron chi connectivity index (χ3n) is 3.42. The molecule has 0 radical (unpaired) electrons. The minimum absolute atomic E-state index is 0.168. The van der Waals surface area contributed by atoms with Crippen molar-refractivity contribution in [1.82, 2.24) is 10.2 Å². The molecule has 0 spiro atoms. The van der Waals surface area contributed by atoms with Gasteiger partial charge in [-0.1, -0.05) is 29.3 Å². The number of carbonyl (C=O) groups is 1. The quantitative estimate of drug-likeness (QED) is 0.855. The lowest BCUT2D eigenvalue weighted by atomic mass is 10.0. The lowest BCUT2D eigenvalue weighted by Gasteiger charge is -2.21. The number of hydrogen-bond donors (Lipinski definition) is 1. The van der Waals surface area contributed by atoms with Crippen LogP contribution in [0.15, 0.2) is 18.2 Å². The van der Waals surface area contributed by atoms with Crippen LogP contribution in [0.1, 0.15) is 43.5 Å². The van der Waals surface area contributed by atoms with Crippen LogP contribution in [0.25, 0.3) is 0 Å². The van der Waals surface area contributed by atoms with Crippen LogP contribution < -0.4 is 5.32 Å². The molecule has 1 unspecified atom stereocenters. The Hall–Kier alpha value is -1.35. The number of nitrogens with one attached hydrogen (secondary N) is 1. The van der Waals surface area contributed by atoms with Crippen molar-refractivity contribution in [2.45, 2.75) is 40.7 Å². The molecule has 0 fully saturated rings. The SMILES string of the molecule is CCN(CC)C(=O)CNC(C)c1cc(C)cc(C)c1. The van der Waals surface area contributed by atoms with Gasteiger partial charge in [0, 0.05) is 19.1 Å². The molecule has 0 saturated carbocycles. The molecule has 106 valence electrons. The van der Waals surface area contributed by atoms with Crippen LogP contribution in [-0.2, 0) is 4.79 Å². The van der Waals surface area contributed by atoms with E-state index in [1.54, 1.807) is 0 Å². The van der Waals surface area contributed by atoms with Gasteiger partial charge in [-0.05, 0) is 40.2 Å². The Morgan fingerprint density at radius 1 is 1.16 bits per heavy atom. The van der Waals surface area contributed by atoms with Gasteiger partial charge in [-0.2, -0.15) is 0 Å². The van der Waals surface area contributed by atoms with E-state index in [2.05, 4.69) is 44.3 Å². The van der Waals surface area contributed by atoms with Gasteiger partial charge in [0.15, 0.2) is 0 Å². The summed E-state index contributed by atoms with van der Waals surface area (Å²) in [5, 5.41) is 3.31. The zero-order valence-electron chi connectivity index (χ0n) is 12.8. The van der Waals surface area contributed by atoms with Crippen molar-refractivity contribution in [3.8, 4) is 0 Å². The molecule has 0 aromatic heterocycles. The van der Waals surface area contributed by atoms with Crippen molar-refractivity contribution in [2.75, 3.05) is 19.6 Å². The minimum Gasteiger partial charge on any atom is -0.342 e. The van der Waals surface area contributed by atoms with E-state index in [-0.39, 0.29) is 11.9 Å². The topological polar surface area (TPSA) is 32.3 Å². The van der Waals surface area contributed by atoms with Gasteiger partial charge >= 0.3 is 0 Å². The van der Waals surface area contributed by atoms with Crippen molar-refractivity contribution < 1.29 is 4.79 Å². The number of benzene rings is 1. The van der Waals surface area contributed by atoms with Crippen molar-refractivity contribution in [1.29, 1.82) is 0 Å². The fourth-order valence-electron chi connectivity index (χ4n) is 2.31. The number of carbonyl (C=O) groups excluding carboxylic acids is 1. The molecule has 1 N–H and O–H groups in total. The van der Waals surface area contributed by atoms with Gasteiger partial charge in [0.25, 0.3) is 0 Å². The first-order valence-electron chi connectivity index (χ1n) is 7.07. The Morgan fingerprint density at radius 3 is 2.16 bits per heavy atom. The van der Waals surface area contributed by atoms with Gasteiger partial charge in [0.1, 0.15) is 0 Å². The summed E-state index contributed by atoms with van der Waals surface area (Å²) < 4.78 is 0. The first-order chi connectivity index (χ1) is 8.97. The lowest BCUT2D eigenvalue weighted by Crippen LogP contribution is -2.38. The third-order valence-corrected chi connectivity index (χ3v) is 3.42. The van der Waals surface area contributed by atoms with Gasteiger partial charge < -0.3 is 10.2 Å². The molecule has 0 heterocycles. The first-order valence-corrected chi connectivity index (χ1v) is 7.07. The highest BCUT2D eigenvalue weighted by Crippen LogP contribution is 2.16. The highest BCUT2D eigenvalue weighted by atomic mass is 16.2. The minimum atomic E-state index is 0.168. The molecule has 1 rings (SSSR count). The van der Waals surface area contributed by atoms with Crippen molar-refractivity contribution in [3.63, 3.8) is 0 Å². The van der Waals surface area contributed by atoms with Crippen LogP contribution in [0, 0.1) is 13.8 Å². The van der Waals surface area contributed by atoms with E-state index in [1.807, 2.05) is 18.7 Å². The van der Waals surface area contributed by atoms with Crippen molar-refractivity contribution >= 4 is 5.91 Å². The smallest absolute Gasteiger partial charge is 0.236 e. The maximum absolute atomic E-state index is 11.9. The molecule has 1 aromatic carbocycles. The zero-order chi connectivity index (χ0) is 14.4. The molecule has 3 heteroatoms. The van der Waals surface area contributed by atoms with Gasteiger partial charge in [-0.15, -0.1) is 0 Å². The molecular weight excluding hydrogens is 236 g/mol. The van der Waals surface area contributed by atoms with Crippen molar-refractivity contribution in [2.24, 2.45) is 0 Å². The van der Waals surface area contributed by atoms with E-state index in [9.17, 15) is 4.79 Å². The molecule has 1 atom stereocenters. The summed E-state index contributed by atoms with van der Waals surface area (Å²) in [5.74, 6) is 0.168. The second kappa shape index (κ2) is 7.29. The van der Waals surface area contributed by atoms with Crippen LogP contribution in [0.3, 0.4) is 0 Å². The van der Waals surface area contributed by atoms with Gasteiger partial charge in [-0.3, -0.25) is 4.79 Å². The van der Waals surface area contributed by atoms with E-state index in [4.69, 9.17) is 0 Å². The summed E-state index contributed by atoms with van der Waals surface area (Å²) in [4.78, 5) is 13.8. The number of hydrogen-bond acceptors (Lipinski definition) is 2. The van der Waals surface area contributed by atoms with Crippen molar-refractivity contribution in [3.05, 3.63) is 34.9 Å². The van der Waals surface area contributed by atoms with Gasteiger partial charge in [0.2, 0.25) is 5.91 Å². The van der Waals surface area contributed by atoms with E-state index >= 15 is 0 Å². The maximum atomic E-state index is 11.9. The molecular formula is C16H26N2O.